The molecule has 0 fully saturated rings. The minimum atomic E-state index is -2.67. The van der Waals surface area contributed by atoms with Crippen molar-refractivity contribution in [3.63, 3.8) is 0 Å². The lowest BCUT2D eigenvalue weighted by Gasteiger charge is -2.03. The molecule has 1 rings (SSSR count). The maximum Gasteiger partial charge on any atom is 0.280 e. The fourth-order valence-corrected chi connectivity index (χ4v) is 1.83. The first kappa shape index (κ1) is 10.8. The summed E-state index contributed by atoms with van der Waals surface area (Å²) < 4.78 is 24.7. The summed E-state index contributed by atoms with van der Waals surface area (Å²) in [5, 5.41) is -0.183. The van der Waals surface area contributed by atoms with Crippen molar-refractivity contribution in [1.29, 1.82) is 0 Å². The molecule has 2 nitrogen and oxygen atoms in total. The number of rotatable bonds is 2. The number of halogens is 4. The molecule has 0 aliphatic rings. The fourth-order valence-electron chi connectivity index (χ4n) is 0.729. The fraction of sp³-hybridized carbons (Fsp3) is 0.143. The van der Waals surface area contributed by atoms with E-state index in [1.807, 2.05) is 0 Å². The minimum Gasteiger partial charge on any atom is -0.298 e. The smallest absolute Gasteiger partial charge is 0.280 e. The van der Waals surface area contributed by atoms with E-state index in [1.165, 1.54) is 0 Å². The molecule has 0 unspecified atom stereocenters. The van der Waals surface area contributed by atoms with E-state index < -0.39 is 12.1 Å². The van der Waals surface area contributed by atoms with Crippen LogP contribution in [0.1, 0.15) is 22.5 Å². The Hall–Kier alpha value is -0.300. The van der Waals surface area contributed by atoms with Crippen LogP contribution >= 0.6 is 34.2 Å². The van der Waals surface area contributed by atoms with E-state index in [-0.39, 0.29) is 10.7 Å². The van der Waals surface area contributed by atoms with Gasteiger partial charge in [0.05, 0.1) is 5.56 Å². The summed E-state index contributed by atoms with van der Waals surface area (Å²) >= 11 is 7.25. The Bertz CT molecular complexity index is 322. The summed E-state index contributed by atoms with van der Waals surface area (Å²) in [6.45, 7) is 0. The highest BCUT2D eigenvalue weighted by atomic mass is 127. The van der Waals surface area contributed by atoms with Gasteiger partial charge in [0.15, 0.2) is 6.29 Å². The van der Waals surface area contributed by atoms with Crippen molar-refractivity contribution in [3.8, 4) is 0 Å². The molecule has 0 aliphatic heterocycles. The molecule has 13 heavy (non-hydrogen) atoms. The Labute approximate surface area is 91.4 Å². The first-order valence-corrected chi connectivity index (χ1v) is 4.61. The molecular weight excluding hydrogens is 314 g/mol. The van der Waals surface area contributed by atoms with Gasteiger partial charge in [-0.15, -0.1) is 0 Å². The molecule has 0 saturated heterocycles. The zero-order chi connectivity index (χ0) is 10.0. The molecule has 0 amide bonds. The average Bonchev–Trinajstić information content (AvgIpc) is 2.03. The molecule has 0 aromatic carbocycles. The molecule has 0 spiro atoms. The van der Waals surface area contributed by atoms with Gasteiger partial charge in [-0.05, 0) is 28.7 Å². The van der Waals surface area contributed by atoms with Crippen molar-refractivity contribution in [2.24, 2.45) is 0 Å². The van der Waals surface area contributed by atoms with Crippen molar-refractivity contribution in [2.45, 2.75) is 6.43 Å². The van der Waals surface area contributed by atoms with Crippen LogP contribution in [0.2, 0.25) is 5.15 Å². The van der Waals surface area contributed by atoms with Crippen LogP contribution in [-0.2, 0) is 0 Å². The summed E-state index contributed by atoms with van der Waals surface area (Å²) in [5.74, 6) is 0. The van der Waals surface area contributed by atoms with Crippen LogP contribution in [0, 0.1) is 3.57 Å². The quantitative estimate of drug-likeness (QED) is 0.477. The second-order valence-corrected chi connectivity index (χ2v) is 3.67. The van der Waals surface area contributed by atoms with Crippen LogP contribution in [0.3, 0.4) is 0 Å². The third kappa shape index (κ3) is 2.34. The summed E-state index contributed by atoms with van der Waals surface area (Å²) in [5.41, 5.74) is -0.272. The van der Waals surface area contributed by atoms with Crippen LogP contribution in [0.15, 0.2) is 6.07 Å². The van der Waals surface area contributed by atoms with Gasteiger partial charge in [0.1, 0.15) is 10.8 Å². The van der Waals surface area contributed by atoms with E-state index >= 15 is 0 Å². The van der Waals surface area contributed by atoms with Gasteiger partial charge in [-0.25, -0.2) is 13.8 Å². The number of carbonyl (C=O) groups excluding carboxylic acids is 1. The zero-order valence-corrected chi connectivity index (χ0v) is 9.01. The van der Waals surface area contributed by atoms with Crippen molar-refractivity contribution < 1.29 is 13.6 Å². The Balaban J connectivity index is 3.28. The topological polar surface area (TPSA) is 30.0 Å². The van der Waals surface area contributed by atoms with Gasteiger partial charge >= 0.3 is 0 Å². The number of alkyl halides is 2. The highest BCUT2D eigenvalue weighted by Gasteiger charge is 2.14. The van der Waals surface area contributed by atoms with E-state index in [0.717, 1.165) is 6.07 Å². The van der Waals surface area contributed by atoms with Crippen molar-refractivity contribution >= 4 is 40.5 Å². The molecule has 6 heteroatoms. The molecule has 0 N–H and O–H groups in total. The monoisotopic (exact) mass is 317 g/mol. The van der Waals surface area contributed by atoms with Gasteiger partial charge in [0.25, 0.3) is 6.43 Å². The Morgan fingerprint density at radius 1 is 1.62 bits per heavy atom. The number of aldehydes is 1. The lowest BCUT2D eigenvalue weighted by Crippen LogP contribution is -1.97. The maximum atomic E-state index is 12.1. The third-order valence-corrected chi connectivity index (χ3v) is 2.50. The van der Waals surface area contributed by atoms with Gasteiger partial charge in [-0.3, -0.25) is 4.79 Å². The lowest BCUT2D eigenvalue weighted by atomic mass is 10.3. The largest absolute Gasteiger partial charge is 0.298 e. The third-order valence-electron chi connectivity index (χ3n) is 1.32. The van der Waals surface area contributed by atoms with Crippen LogP contribution in [0.4, 0.5) is 8.78 Å². The highest BCUT2D eigenvalue weighted by Crippen LogP contribution is 2.24. The molecule has 0 bridgehead atoms. The minimum absolute atomic E-state index is 0.145. The molecule has 0 saturated carbocycles. The molecule has 0 aliphatic carbocycles. The van der Waals surface area contributed by atoms with E-state index in [0.29, 0.717) is 9.86 Å². The van der Waals surface area contributed by atoms with E-state index in [2.05, 4.69) is 4.98 Å². The van der Waals surface area contributed by atoms with Crippen LogP contribution < -0.4 is 0 Å². The maximum absolute atomic E-state index is 12.1. The van der Waals surface area contributed by atoms with Crippen LogP contribution in [0.5, 0.6) is 0 Å². The standard InChI is InChI=1S/C7H3ClF2INO/c8-6-3(2-13)4(11)1-5(12-6)7(9)10/h1-2,7H. The molecule has 1 aromatic heterocycles. The van der Waals surface area contributed by atoms with Gasteiger partial charge in [0.2, 0.25) is 0 Å². The first-order chi connectivity index (χ1) is 6.06. The van der Waals surface area contributed by atoms with Gasteiger partial charge in [-0.2, -0.15) is 0 Å². The summed E-state index contributed by atoms with van der Waals surface area (Å²) in [6, 6.07) is 1.14. The Morgan fingerprint density at radius 3 is 2.62 bits per heavy atom. The Kier molecular flexibility index (Phi) is 3.55. The molecular formula is C7H3ClF2INO. The molecule has 0 atom stereocenters. The van der Waals surface area contributed by atoms with Crippen molar-refractivity contribution in [3.05, 3.63) is 26.0 Å². The number of carbonyl (C=O) groups is 1. The molecule has 0 radical (unpaired) electrons. The molecule has 1 heterocycles. The molecule has 70 valence electrons. The van der Waals surface area contributed by atoms with E-state index in [4.69, 9.17) is 11.6 Å². The SMILES string of the molecule is O=Cc1c(I)cc(C(F)F)nc1Cl. The second-order valence-electron chi connectivity index (χ2n) is 2.15. The van der Waals surface area contributed by atoms with Crippen molar-refractivity contribution in [2.75, 3.05) is 0 Å². The number of aromatic nitrogens is 1. The number of pyridine rings is 1. The number of nitrogens with zero attached hydrogens (tertiary/aromatic N) is 1. The van der Waals surface area contributed by atoms with E-state index in [1.54, 1.807) is 22.6 Å². The van der Waals surface area contributed by atoms with Crippen molar-refractivity contribution in [1.82, 2.24) is 4.98 Å². The predicted molar refractivity (Wildman–Crippen MR) is 52.3 cm³/mol. The highest BCUT2D eigenvalue weighted by molar-refractivity contribution is 14.1. The number of hydrogen-bond donors (Lipinski definition) is 0. The predicted octanol–water partition coefficient (Wildman–Crippen LogP) is 3.09. The number of hydrogen-bond acceptors (Lipinski definition) is 2. The second kappa shape index (κ2) is 4.28. The Morgan fingerprint density at radius 2 is 2.23 bits per heavy atom. The van der Waals surface area contributed by atoms with Gasteiger partial charge in [0, 0.05) is 3.57 Å². The average molecular weight is 317 g/mol. The first-order valence-electron chi connectivity index (χ1n) is 3.15. The zero-order valence-electron chi connectivity index (χ0n) is 6.10. The van der Waals surface area contributed by atoms with Crippen LogP contribution in [-0.4, -0.2) is 11.3 Å². The van der Waals surface area contributed by atoms with Gasteiger partial charge in [-0.1, -0.05) is 11.6 Å². The normalized spacial score (nSPS) is 10.5. The summed E-state index contributed by atoms with van der Waals surface area (Å²) in [6.07, 6.45) is -2.18. The molecule has 1 aromatic rings. The lowest BCUT2D eigenvalue weighted by molar-refractivity contribution is 0.112. The summed E-state index contributed by atoms with van der Waals surface area (Å²) in [4.78, 5) is 13.8. The van der Waals surface area contributed by atoms with Gasteiger partial charge < -0.3 is 0 Å². The van der Waals surface area contributed by atoms with E-state index in [9.17, 15) is 13.6 Å². The van der Waals surface area contributed by atoms with Crippen LogP contribution in [0.25, 0.3) is 0 Å². The summed E-state index contributed by atoms with van der Waals surface area (Å²) in [7, 11) is 0.